The molecule has 3 nitrogen and oxygen atoms in total. The minimum Gasteiger partial charge on any atom is -0.472 e. The molecule has 0 saturated carbocycles. The summed E-state index contributed by atoms with van der Waals surface area (Å²) in [4.78, 5) is 4.25. The molecule has 4 heteroatoms. The fourth-order valence-electron chi connectivity index (χ4n) is 1.24. The van der Waals surface area contributed by atoms with Gasteiger partial charge >= 0.3 is 0 Å². The minimum atomic E-state index is 0.714. The lowest BCUT2D eigenvalue weighted by Gasteiger charge is -2.07. The van der Waals surface area contributed by atoms with Crippen molar-refractivity contribution in [1.82, 2.24) is 4.98 Å². The van der Waals surface area contributed by atoms with Crippen LogP contribution in [0.15, 0.2) is 39.7 Å². The van der Waals surface area contributed by atoms with Crippen molar-refractivity contribution in [3.63, 3.8) is 0 Å². The van der Waals surface area contributed by atoms with Crippen LogP contribution in [0.25, 0.3) is 0 Å². The molecule has 2 rings (SSSR count). The van der Waals surface area contributed by atoms with Gasteiger partial charge in [-0.2, -0.15) is 0 Å². The summed E-state index contributed by atoms with van der Waals surface area (Å²) in [5, 5.41) is 3.24. The Balaban J connectivity index is 2.08. The normalized spacial score (nSPS) is 10.3. The van der Waals surface area contributed by atoms with E-state index >= 15 is 0 Å². The lowest BCUT2D eigenvalue weighted by molar-refractivity contribution is 0.564. The number of rotatable bonds is 3. The molecular formula is C11H11BrN2O. The van der Waals surface area contributed by atoms with Crippen LogP contribution in [-0.2, 0) is 6.54 Å². The number of aryl methyl sites for hydroxylation is 1. The number of hydrogen-bond acceptors (Lipinski definition) is 3. The fourth-order valence-corrected chi connectivity index (χ4v) is 1.62. The molecule has 0 aliphatic carbocycles. The molecule has 15 heavy (non-hydrogen) atoms. The zero-order valence-electron chi connectivity index (χ0n) is 8.33. The van der Waals surface area contributed by atoms with Crippen LogP contribution in [0.4, 0.5) is 5.82 Å². The van der Waals surface area contributed by atoms with Crippen molar-refractivity contribution in [2.45, 2.75) is 13.5 Å². The highest BCUT2D eigenvalue weighted by molar-refractivity contribution is 9.10. The van der Waals surface area contributed by atoms with Crippen LogP contribution in [0.3, 0.4) is 0 Å². The Bertz CT molecular complexity index is 440. The van der Waals surface area contributed by atoms with Crippen molar-refractivity contribution in [1.29, 1.82) is 0 Å². The van der Waals surface area contributed by atoms with E-state index in [-0.39, 0.29) is 0 Å². The Labute approximate surface area is 96.6 Å². The first-order chi connectivity index (χ1) is 7.27. The third-order valence-corrected chi connectivity index (χ3v) is 3.12. The molecule has 0 bridgehead atoms. The van der Waals surface area contributed by atoms with Crippen LogP contribution >= 0.6 is 15.9 Å². The van der Waals surface area contributed by atoms with Gasteiger partial charge in [0.2, 0.25) is 0 Å². The number of halogens is 1. The largest absolute Gasteiger partial charge is 0.472 e. The van der Waals surface area contributed by atoms with E-state index in [9.17, 15) is 0 Å². The van der Waals surface area contributed by atoms with E-state index in [1.54, 1.807) is 18.7 Å². The molecule has 0 aliphatic rings. The number of nitrogens with zero attached hydrogens (tertiary/aromatic N) is 1. The van der Waals surface area contributed by atoms with Crippen molar-refractivity contribution in [3.8, 4) is 0 Å². The quantitative estimate of drug-likeness (QED) is 0.926. The summed E-state index contributed by atoms with van der Waals surface area (Å²) in [7, 11) is 0. The van der Waals surface area contributed by atoms with Gasteiger partial charge in [-0.1, -0.05) is 0 Å². The summed E-state index contributed by atoms with van der Waals surface area (Å²) in [5.41, 5.74) is 2.27. The number of hydrogen-bond donors (Lipinski definition) is 1. The summed E-state index contributed by atoms with van der Waals surface area (Å²) in [6.07, 6.45) is 5.17. The molecule has 2 aromatic rings. The van der Waals surface area contributed by atoms with Crippen LogP contribution in [0.5, 0.6) is 0 Å². The summed E-state index contributed by atoms with van der Waals surface area (Å²) in [6, 6.07) is 3.89. The highest BCUT2D eigenvalue weighted by Crippen LogP contribution is 2.23. The fraction of sp³-hybridized carbons (Fsp3) is 0.182. The lowest BCUT2D eigenvalue weighted by Crippen LogP contribution is -2.01. The van der Waals surface area contributed by atoms with Crippen molar-refractivity contribution in [2.24, 2.45) is 0 Å². The molecule has 78 valence electrons. The van der Waals surface area contributed by atoms with Crippen LogP contribution in [0.1, 0.15) is 11.1 Å². The first kappa shape index (κ1) is 10.2. The summed E-state index contributed by atoms with van der Waals surface area (Å²) in [5.74, 6) is 0.858. The Morgan fingerprint density at radius 3 is 3.07 bits per heavy atom. The monoisotopic (exact) mass is 266 g/mol. The molecule has 0 unspecified atom stereocenters. The first-order valence-corrected chi connectivity index (χ1v) is 5.42. The van der Waals surface area contributed by atoms with E-state index in [4.69, 9.17) is 4.42 Å². The Hall–Kier alpha value is -1.29. The molecular weight excluding hydrogens is 256 g/mol. The molecule has 0 spiro atoms. The van der Waals surface area contributed by atoms with E-state index in [2.05, 4.69) is 26.2 Å². The summed E-state index contributed by atoms with van der Waals surface area (Å²) in [6.45, 7) is 2.75. The molecule has 0 atom stereocenters. The second-order valence-electron chi connectivity index (χ2n) is 3.28. The van der Waals surface area contributed by atoms with Crippen molar-refractivity contribution in [2.75, 3.05) is 5.32 Å². The van der Waals surface area contributed by atoms with Gasteiger partial charge in [-0.05, 0) is 40.5 Å². The highest BCUT2D eigenvalue weighted by atomic mass is 79.9. The third kappa shape index (κ3) is 2.39. The maximum absolute atomic E-state index is 4.98. The van der Waals surface area contributed by atoms with Gasteiger partial charge in [0, 0.05) is 18.3 Å². The Kier molecular flexibility index (Phi) is 3.06. The molecule has 0 radical (unpaired) electrons. The van der Waals surface area contributed by atoms with E-state index in [0.29, 0.717) is 6.54 Å². The molecule has 2 aromatic heterocycles. The van der Waals surface area contributed by atoms with Crippen LogP contribution in [0.2, 0.25) is 0 Å². The zero-order chi connectivity index (χ0) is 10.7. The number of anilines is 1. The standard InChI is InChI=1S/C11H11BrN2O/c1-8-2-4-13-11(10(8)12)14-6-9-3-5-15-7-9/h2-5,7H,6H2,1H3,(H,13,14). The number of furan rings is 1. The lowest BCUT2D eigenvalue weighted by atomic mass is 10.3. The number of aromatic nitrogens is 1. The summed E-state index contributed by atoms with van der Waals surface area (Å²) < 4.78 is 5.99. The van der Waals surface area contributed by atoms with E-state index in [1.807, 2.05) is 19.1 Å². The molecule has 2 heterocycles. The van der Waals surface area contributed by atoms with Gasteiger partial charge in [0.1, 0.15) is 5.82 Å². The van der Waals surface area contributed by atoms with Crippen LogP contribution < -0.4 is 5.32 Å². The van der Waals surface area contributed by atoms with E-state index < -0.39 is 0 Å². The van der Waals surface area contributed by atoms with Gasteiger partial charge in [0.05, 0.1) is 17.0 Å². The predicted molar refractivity (Wildman–Crippen MR) is 62.7 cm³/mol. The smallest absolute Gasteiger partial charge is 0.140 e. The second kappa shape index (κ2) is 4.49. The second-order valence-corrected chi connectivity index (χ2v) is 4.07. The van der Waals surface area contributed by atoms with E-state index in [0.717, 1.165) is 15.9 Å². The maximum Gasteiger partial charge on any atom is 0.140 e. The molecule has 1 N–H and O–H groups in total. The van der Waals surface area contributed by atoms with Gasteiger partial charge < -0.3 is 9.73 Å². The van der Waals surface area contributed by atoms with Crippen molar-refractivity contribution in [3.05, 3.63) is 46.5 Å². The number of pyridine rings is 1. The van der Waals surface area contributed by atoms with Gasteiger partial charge in [0.15, 0.2) is 0 Å². The van der Waals surface area contributed by atoms with Gasteiger partial charge in [-0.15, -0.1) is 0 Å². The molecule has 0 aliphatic heterocycles. The Morgan fingerprint density at radius 2 is 2.33 bits per heavy atom. The van der Waals surface area contributed by atoms with Crippen LogP contribution in [-0.4, -0.2) is 4.98 Å². The topological polar surface area (TPSA) is 38.1 Å². The first-order valence-electron chi connectivity index (χ1n) is 4.63. The summed E-state index contributed by atoms with van der Waals surface area (Å²) >= 11 is 3.50. The third-order valence-electron chi connectivity index (χ3n) is 2.12. The molecule has 0 amide bonds. The Morgan fingerprint density at radius 1 is 1.47 bits per heavy atom. The average Bonchev–Trinajstić information content (AvgIpc) is 2.73. The highest BCUT2D eigenvalue weighted by Gasteiger charge is 2.03. The maximum atomic E-state index is 4.98. The van der Waals surface area contributed by atoms with Crippen LogP contribution in [0, 0.1) is 6.92 Å². The van der Waals surface area contributed by atoms with Crippen molar-refractivity contribution < 1.29 is 4.42 Å². The van der Waals surface area contributed by atoms with Crippen molar-refractivity contribution >= 4 is 21.7 Å². The average molecular weight is 267 g/mol. The van der Waals surface area contributed by atoms with Gasteiger partial charge in [-0.3, -0.25) is 0 Å². The number of nitrogens with one attached hydrogen (secondary N) is 1. The molecule has 0 fully saturated rings. The van der Waals surface area contributed by atoms with E-state index in [1.165, 1.54) is 5.56 Å². The minimum absolute atomic E-state index is 0.714. The SMILES string of the molecule is Cc1ccnc(NCc2ccoc2)c1Br. The zero-order valence-corrected chi connectivity index (χ0v) is 9.91. The molecule has 0 saturated heterocycles. The van der Waals surface area contributed by atoms with Gasteiger partial charge in [0.25, 0.3) is 0 Å². The predicted octanol–water partition coefficient (Wildman–Crippen LogP) is 3.36. The van der Waals surface area contributed by atoms with Gasteiger partial charge in [-0.25, -0.2) is 4.98 Å². The molecule has 0 aromatic carbocycles.